The highest BCUT2D eigenvalue weighted by Gasteiger charge is 2.32. The molecule has 1 unspecified atom stereocenters. The minimum absolute atomic E-state index is 0.0115. The van der Waals surface area contributed by atoms with Crippen LogP contribution in [0.2, 0.25) is 0 Å². The molecular weight excluding hydrogens is 430 g/mol. The van der Waals surface area contributed by atoms with E-state index >= 15 is 0 Å². The predicted molar refractivity (Wildman–Crippen MR) is 102 cm³/mol. The quantitative estimate of drug-likeness (QED) is 0.368. The third kappa shape index (κ3) is 5.26. The van der Waals surface area contributed by atoms with E-state index in [1.165, 1.54) is 12.1 Å². The van der Waals surface area contributed by atoms with E-state index in [4.69, 9.17) is 9.79 Å². The van der Waals surface area contributed by atoms with Crippen LogP contribution in [0.3, 0.4) is 0 Å². The fraction of sp³-hybridized carbons (Fsp3) is 0.125. The van der Waals surface area contributed by atoms with Gasteiger partial charge >= 0.3 is 15.6 Å². The first-order valence-corrected chi connectivity index (χ1v) is 12.5. The molecule has 3 N–H and O–H groups in total. The zero-order valence-electron chi connectivity index (χ0n) is 14.2. The van der Waals surface area contributed by atoms with Crippen molar-refractivity contribution in [1.29, 1.82) is 0 Å². The van der Waals surface area contributed by atoms with E-state index in [-0.39, 0.29) is 4.90 Å². The van der Waals surface area contributed by atoms with Crippen molar-refractivity contribution in [2.75, 3.05) is 12.4 Å². The number of fused-ring (bicyclic) bond motifs is 2. The van der Waals surface area contributed by atoms with Crippen LogP contribution < -0.4 is 0 Å². The van der Waals surface area contributed by atoms with E-state index in [0.717, 1.165) is 16.2 Å². The number of sulfone groups is 1. The van der Waals surface area contributed by atoms with Crippen LogP contribution in [-0.4, -0.2) is 35.5 Å². The Hall–Kier alpha value is -1.61. The third-order valence-electron chi connectivity index (χ3n) is 3.85. The van der Waals surface area contributed by atoms with Crippen molar-refractivity contribution < 1.29 is 41.1 Å². The Morgan fingerprint density at radius 3 is 2.00 bits per heavy atom. The molecule has 0 heterocycles. The van der Waals surface area contributed by atoms with Gasteiger partial charge in [-0.15, -0.1) is 0 Å². The van der Waals surface area contributed by atoms with Crippen LogP contribution in [0, 0.1) is 0 Å². The SMILES string of the molecule is O=P(O)(O)OP(=O)(O)OCCS(=O)(=O)c1ccc2cc3ccccc3cc2c1. The lowest BCUT2D eigenvalue weighted by molar-refractivity contribution is 0.185. The van der Waals surface area contributed by atoms with Gasteiger partial charge in [0.25, 0.3) is 0 Å². The van der Waals surface area contributed by atoms with E-state index in [1.54, 1.807) is 6.07 Å². The largest absolute Gasteiger partial charge is 0.481 e. The molecule has 0 bridgehead atoms. The molecule has 28 heavy (non-hydrogen) atoms. The molecule has 0 spiro atoms. The summed E-state index contributed by atoms with van der Waals surface area (Å²) in [6.07, 6.45) is 0. The standard InChI is InChI=1S/C16H16O9P2S/c17-26(18,19)25-27(20,21)24-7-8-28(22,23)16-6-5-14-9-12-3-1-2-4-13(12)10-15(14)11-16/h1-6,9-11H,7-8H2,(H,20,21)(H2,17,18,19). The Morgan fingerprint density at radius 1 is 0.821 bits per heavy atom. The monoisotopic (exact) mass is 446 g/mol. The van der Waals surface area contributed by atoms with Gasteiger partial charge in [0.05, 0.1) is 17.3 Å². The van der Waals surface area contributed by atoms with Crippen molar-refractivity contribution in [3.8, 4) is 0 Å². The van der Waals surface area contributed by atoms with Crippen molar-refractivity contribution >= 4 is 47.0 Å². The molecule has 0 radical (unpaired) electrons. The lowest BCUT2D eigenvalue weighted by Gasteiger charge is -2.12. The molecule has 12 heteroatoms. The van der Waals surface area contributed by atoms with Crippen molar-refractivity contribution in [1.82, 2.24) is 0 Å². The molecule has 0 aliphatic rings. The molecule has 0 aromatic heterocycles. The number of phosphoric ester groups is 1. The molecule has 9 nitrogen and oxygen atoms in total. The third-order valence-corrected chi connectivity index (χ3v) is 7.71. The van der Waals surface area contributed by atoms with Gasteiger partial charge < -0.3 is 14.7 Å². The van der Waals surface area contributed by atoms with Gasteiger partial charge in [0.2, 0.25) is 0 Å². The molecule has 3 rings (SSSR count). The van der Waals surface area contributed by atoms with Crippen molar-refractivity contribution in [2.45, 2.75) is 4.90 Å². The summed E-state index contributed by atoms with van der Waals surface area (Å²) in [6.45, 7) is -0.786. The van der Waals surface area contributed by atoms with Gasteiger partial charge in [-0.05, 0) is 45.8 Å². The van der Waals surface area contributed by atoms with Crippen LogP contribution in [0.5, 0.6) is 0 Å². The van der Waals surface area contributed by atoms with Gasteiger partial charge in [-0.1, -0.05) is 30.3 Å². The van der Waals surface area contributed by atoms with Crippen LogP contribution in [0.1, 0.15) is 0 Å². The summed E-state index contributed by atoms with van der Waals surface area (Å²) < 4.78 is 54.8. The smallest absolute Gasteiger partial charge is 0.302 e. The number of phosphoric acid groups is 2. The zero-order valence-corrected chi connectivity index (χ0v) is 16.8. The highest BCUT2D eigenvalue weighted by atomic mass is 32.2. The molecule has 0 saturated carbocycles. The topological polar surface area (TPSA) is 147 Å². The summed E-state index contributed by atoms with van der Waals surface area (Å²) in [6, 6.07) is 16.0. The molecule has 0 fully saturated rings. The maximum atomic E-state index is 12.5. The number of benzene rings is 3. The summed E-state index contributed by atoms with van der Waals surface area (Å²) in [5, 5.41) is 3.52. The summed E-state index contributed by atoms with van der Waals surface area (Å²) >= 11 is 0. The van der Waals surface area contributed by atoms with Crippen LogP contribution in [0.4, 0.5) is 0 Å². The van der Waals surface area contributed by atoms with Gasteiger partial charge in [-0.3, -0.25) is 4.52 Å². The van der Waals surface area contributed by atoms with Gasteiger partial charge in [0, 0.05) is 0 Å². The Morgan fingerprint density at radius 2 is 1.39 bits per heavy atom. The highest BCUT2D eigenvalue weighted by molar-refractivity contribution is 7.91. The van der Waals surface area contributed by atoms with E-state index in [9.17, 15) is 22.4 Å². The Bertz CT molecular complexity index is 1230. The number of hydrogen-bond acceptors (Lipinski definition) is 6. The maximum Gasteiger partial charge on any atom is 0.481 e. The maximum absolute atomic E-state index is 12.5. The van der Waals surface area contributed by atoms with Crippen LogP contribution >= 0.6 is 15.6 Å². The first-order valence-electron chi connectivity index (χ1n) is 7.85. The van der Waals surface area contributed by atoms with Crippen molar-refractivity contribution in [3.63, 3.8) is 0 Å². The van der Waals surface area contributed by atoms with E-state index in [0.29, 0.717) is 5.39 Å². The number of hydrogen-bond donors (Lipinski definition) is 3. The normalized spacial score (nSPS) is 15.0. The molecule has 150 valence electrons. The summed E-state index contributed by atoms with van der Waals surface area (Å²) in [5.41, 5.74) is 0. The molecule has 3 aromatic carbocycles. The highest BCUT2D eigenvalue weighted by Crippen LogP contribution is 2.57. The fourth-order valence-electron chi connectivity index (χ4n) is 2.65. The molecule has 0 saturated heterocycles. The lowest BCUT2D eigenvalue weighted by atomic mass is 10.0. The first-order chi connectivity index (χ1) is 13.0. The first kappa shape index (κ1) is 21.1. The van der Waals surface area contributed by atoms with E-state index in [1.807, 2.05) is 36.4 Å². The Labute approximate surface area is 160 Å². The van der Waals surface area contributed by atoms with Crippen molar-refractivity contribution in [2.24, 2.45) is 0 Å². The predicted octanol–water partition coefficient (Wildman–Crippen LogP) is 2.99. The molecule has 1 atom stereocenters. The molecule has 3 aromatic rings. The van der Waals surface area contributed by atoms with Crippen molar-refractivity contribution in [3.05, 3.63) is 54.6 Å². The second-order valence-corrected chi connectivity index (χ2v) is 10.8. The van der Waals surface area contributed by atoms with Crippen LogP contribution in [0.15, 0.2) is 59.5 Å². The summed E-state index contributed by atoms with van der Waals surface area (Å²) in [7, 11) is -14.2. The molecule has 0 aliphatic carbocycles. The van der Waals surface area contributed by atoms with Gasteiger partial charge in [-0.2, -0.15) is 4.31 Å². The molecular formula is C16H16O9P2S. The second-order valence-electron chi connectivity index (χ2n) is 5.90. The number of rotatable bonds is 7. The minimum Gasteiger partial charge on any atom is -0.302 e. The molecule has 0 aliphatic heterocycles. The van der Waals surface area contributed by atoms with E-state index in [2.05, 4.69) is 8.83 Å². The van der Waals surface area contributed by atoms with Gasteiger partial charge in [0.15, 0.2) is 9.84 Å². The van der Waals surface area contributed by atoms with E-state index < -0.39 is 37.8 Å². The lowest BCUT2D eigenvalue weighted by Crippen LogP contribution is -2.12. The fourth-order valence-corrected chi connectivity index (χ4v) is 5.48. The van der Waals surface area contributed by atoms with Gasteiger partial charge in [0.1, 0.15) is 0 Å². The second kappa shape index (κ2) is 7.67. The van der Waals surface area contributed by atoms with Crippen LogP contribution in [-0.2, 0) is 27.8 Å². The Kier molecular flexibility index (Phi) is 5.78. The average molecular weight is 446 g/mol. The van der Waals surface area contributed by atoms with Gasteiger partial charge in [-0.25, -0.2) is 17.5 Å². The summed E-state index contributed by atoms with van der Waals surface area (Å²) in [4.78, 5) is 26.2. The zero-order chi connectivity index (χ0) is 20.6. The minimum atomic E-state index is -5.26. The van der Waals surface area contributed by atoms with Crippen LogP contribution in [0.25, 0.3) is 21.5 Å². The average Bonchev–Trinajstić information content (AvgIpc) is 2.56. The Balaban J connectivity index is 1.79. The molecule has 0 amide bonds. The summed E-state index contributed by atoms with van der Waals surface area (Å²) in [5.74, 6) is -0.679.